The van der Waals surface area contributed by atoms with Crippen molar-refractivity contribution in [1.29, 1.82) is 0 Å². The van der Waals surface area contributed by atoms with Gasteiger partial charge in [-0.1, -0.05) is 35.9 Å². The number of methoxy groups -OCH3 is 1. The van der Waals surface area contributed by atoms with Gasteiger partial charge in [0.2, 0.25) is 0 Å². The summed E-state index contributed by atoms with van der Waals surface area (Å²) in [6.07, 6.45) is 0.557. The third-order valence-corrected chi connectivity index (χ3v) is 4.78. The molecule has 0 atom stereocenters. The van der Waals surface area contributed by atoms with E-state index in [4.69, 9.17) is 26.6 Å². The number of ether oxygens (including phenoxy) is 1. The molecule has 1 heterocycles. The van der Waals surface area contributed by atoms with Crippen LogP contribution < -0.4 is 9.64 Å². The van der Waals surface area contributed by atoms with Crippen molar-refractivity contribution in [1.82, 2.24) is 4.98 Å². The Morgan fingerprint density at radius 2 is 1.97 bits per heavy atom. The molecule has 2 aromatic carbocycles. The molecule has 3 rings (SSSR count). The smallest absolute Gasteiger partial charge is 0.169 e. The van der Waals surface area contributed by atoms with Crippen LogP contribution in [0.1, 0.15) is 11.1 Å². The maximum Gasteiger partial charge on any atom is 0.169 e. The minimum Gasteiger partial charge on any atom is -0.496 e. The number of nitrogens with zero attached hydrogens (tertiary/aromatic N) is 2. The summed E-state index contributed by atoms with van der Waals surface area (Å²) in [5, 5.41) is 18.7. The Bertz CT molecular complexity index is 980. The molecule has 0 bridgehead atoms. The molecule has 0 aliphatic carbocycles. The van der Waals surface area contributed by atoms with Gasteiger partial charge in [-0.25, -0.2) is 9.37 Å². The average molecular weight is 417 g/mol. The molecule has 0 saturated carbocycles. The van der Waals surface area contributed by atoms with Crippen LogP contribution in [-0.4, -0.2) is 42.2 Å². The molecule has 0 saturated heterocycles. The van der Waals surface area contributed by atoms with Gasteiger partial charge in [0, 0.05) is 24.7 Å². The minimum absolute atomic E-state index is 0.0441. The summed E-state index contributed by atoms with van der Waals surface area (Å²) in [4.78, 5) is 5.95. The standard InChI is InChI=1S/C22H22ClFN2O3/c1-26(13-20(27)28)19-9-6-14(12-25-19)10-16-7-8-18(29-2)21(22(16)24)15-4-3-5-17(23)11-15/h3-9,11-12,20,27-28H,10,13H2,1-2H3. The van der Waals surface area contributed by atoms with E-state index in [1.54, 1.807) is 60.6 Å². The van der Waals surface area contributed by atoms with Gasteiger partial charge in [-0.05, 0) is 41.0 Å². The summed E-state index contributed by atoms with van der Waals surface area (Å²) >= 11 is 6.08. The first kappa shape index (κ1) is 21.0. The molecular formula is C22H22ClFN2O3. The van der Waals surface area contributed by atoms with Crippen molar-refractivity contribution in [3.05, 3.63) is 76.7 Å². The zero-order chi connectivity index (χ0) is 21.0. The summed E-state index contributed by atoms with van der Waals surface area (Å²) in [5.41, 5.74) is 2.35. The number of hydrogen-bond donors (Lipinski definition) is 2. The maximum absolute atomic E-state index is 15.4. The summed E-state index contributed by atoms with van der Waals surface area (Å²) in [5.74, 6) is 0.666. The first-order valence-electron chi connectivity index (χ1n) is 9.02. The van der Waals surface area contributed by atoms with Crippen LogP contribution >= 0.6 is 11.6 Å². The number of halogens is 2. The Labute approximate surface area is 174 Å². The molecule has 2 N–H and O–H groups in total. The third kappa shape index (κ3) is 5.03. The van der Waals surface area contributed by atoms with Crippen LogP contribution in [0.5, 0.6) is 5.75 Å². The zero-order valence-electron chi connectivity index (χ0n) is 16.1. The highest BCUT2D eigenvalue weighted by molar-refractivity contribution is 6.30. The Morgan fingerprint density at radius 1 is 1.17 bits per heavy atom. The number of likely N-dealkylation sites (N-methyl/N-ethyl adjacent to an activating group) is 1. The lowest BCUT2D eigenvalue weighted by Gasteiger charge is -2.19. The van der Waals surface area contributed by atoms with Crippen molar-refractivity contribution >= 4 is 17.4 Å². The molecule has 0 radical (unpaired) electrons. The van der Waals surface area contributed by atoms with Crippen molar-refractivity contribution in [3.63, 3.8) is 0 Å². The number of aromatic nitrogens is 1. The number of rotatable bonds is 7. The predicted molar refractivity (Wildman–Crippen MR) is 112 cm³/mol. The monoisotopic (exact) mass is 416 g/mol. The van der Waals surface area contributed by atoms with E-state index in [1.165, 1.54) is 7.11 Å². The Balaban J connectivity index is 1.89. The normalized spacial score (nSPS) is 11.0. The van der Waals surface area contributed by atoms with E-state index in [0.29, 0.717) is 39.7 Å². The van der Waals surface area contributed by atoms with Crippen molar-refractivity contribution in [2.75, 3.05) is 25.6 Å². The molecule has 7 heteroatoms. The largest absolute Gasteiger partial charge is 0.496 e. The average Bonchev–Trinajstić information content (AvgIpc) is 2.69. The van der Waals surface area contributed by atoms with E-state index in [2.05, 4.69) is 4.98 Å². The molecule has 29 heavy (non-hydrogen) atoms. The Kier molecular flexibility index (Phi) is 6.69. The number of anilines is 1. The maximum atomic E-state index is 15.4. The van der Waals surface area contributed by atoms with E-state index in [9.17, 15) is 0 Å². The Morgan fingerprint density at radius 3 is 2.59 bits per heavy atom. The topological polar surface area (TPSA) is 65.8 Å². The van der Waals surface area contributed by atoms with E-state index in [0.717, 1.165) is 5.56 Å². The molecule has 0 fully saturated rings. The molecule has 0 spiro atoms. The van der Waals surface area contributed by atoms with E-state index < -0.39 is 6.29 Å². The fourth-order valence-electron chi connectivity index (χ4n) is 3.13. The van der Waals surface area contributed by atoms with Gasteiger partial charge in [-0.15, -0.1) is 0 Å². The fraction of sp³-hybridized carbons (Fsp3) is 0.227. The van der Waals surface area contributed by atoms with Crippen LogP contribution in [-0.2, 0) is 6.42 Å². The highest BCUT2D eigenvalue weighted by Crippen LogP contribution is 2.36. The number of pyridine rings is 1. The summed E-state index contributed by atoms with van der Waals surface area (Å²) in [6.45, 7) is 0.0441. The summed E-state index contributed by atoms with van der Waals surface area (Å²) < 4.78 is 20.7. The van der Waals surface area contributed by atoms with Gasteiger partial charge < -0.3 is 19.8 Å². The van der Waals surface area contributed by atoms with Gasteiger partial charge in [-0.3, -0.25) is 0 Å². The van der Waals surface area contributed by atoms with Gasteiger partial charge in [0.05, 0.1) is 19.2 Å². The van der Waals surface area contributed by atoms with Gasteiger partial charge in [0.25, 0.3) is 0 Å². The molecule has 3 aromatic rings. The SMILES string of the molecule is COc1ccc(Cc2ccc(N(C)CC(O)O)nc2)c(F)c1-c1cccc(Cl)c1. The van der Waals surface area contributed by atoms with E-state index >= 15 is 4.39 Å². The van der Waals surface area contributed by atoms with E-state index in [1.807, 2.05) is 6.07 Å². The highest BCUT2D eigenvalue weighted by atomic mass is 35.5. The summed E-state index contributed by atoms with van der Waals surface area (Å²) in [7, 11) is 3.22. The zero-order valence-corrected chi connectivity index (χ0v) is 16.9. The molecule has 0 aliphatic rings. The van der Waals surface area contributed by atoms with Crippen molar-refractivity contribution in [3.8, 4) is 16.9 Å². The molecule has 0 unspecified atom stereocenters. The van der Waals surface area contributed by atoms with Crippen LogP contribution in [0.25, 0.3) is 11.1 Å². The molecular weight excluding hydrogens is 395 g/mol. The highest BCUT2D eigenvalue weighted by Gasteiger charge is 2.17. The molecule has 152 valence electrons. The van der Waals surface area contributed by atoms with Crippen LogP contribution in [0.4, 0.5) is 10.2 Å². The number of hydrogen-bond acceptors (Lipinski definition) is 5. The lowest BCUT2D eigenvalue weighted by atomic mass is 9.97. The van der Waals surface area contributed by atoms with E-state index in [-0.39, 0.29) is 12.4 Å². The number of aliphatic hydroxyl groups excluding tert-OH is 1. The van der Waals surface area contributed by atoms with Gasteiger partial charge in [0.15, 0.2) is 6.29 Å². The van der Waals surface area contributed by atoms with Crippen molar-refractivity contribution in [2.24, 2.45) is 0 Å². The lowest BCUT2D eigenvalue weighted by Crippen LogP contribution is -2.29. The predicted octanol–water partition coefficient (Wildman–Crippen LogP) is 3.89. The van der Waals surface area contributed by atoms with Crippen LogP contribution in [0.15, 0.2) is 54.7 Å². The molecule has 0 amide bonds. The Hall–Kier alpha value is -2.67. The second-order valence-electron chi connectivity index (χ2n) is 6.69. The number of benzene rings is 2. The molecule has 0 aliphatic heterocycles. The molecule has 5 nitrogen and oxygen atoms in total. The van der Waals surface area contributed by atoms with Gasteiger partial charge in [-0.2, -0.15) is 0 Å². The summed E-state index contributed by atoms with van der Waals surface area (Å²) in [6, 6.07) is 14.0. The quantitative estimate of drug-likeness (QED) is 0.572. The first-order chi connectivity index (χ1) is 13.9. The second kappa shape index (κ2) is 9.22. The van der Waals surface area contributed by atoms with Crippen LogP contribution in [0.2, 0.25) is 5.02 Å². The van der Waals surface area contributed by atoms with Gasteiger partial charge >= 0.3 is 0 Å². The second-order valence-corrected chi connectivity index (χ2v) is 7.13. The van der Waals surface area contributed by atoms with Crippen LogP contribution in [0.3, 0.4) is 0 Å². The molecule has 1 aromatic heterocycles. The van der Waals surface area contributed by atoms with Crippen molar-refractivity contribution in [2.45, 2.75) is 12.7 Å². The lowest BCUT2D eigenvalue weighted by molar-refractivity contribution is -0.0315. The van der Waals surface area contributed by atoms with Gasteiger partial charge in [0.1, 0.15) is 17.4 Å². The van der Waals surface area contributed by atoms with Crippen LogP contribution in [0, 0.1) is 5.82 Å². The number of aliphatic hydroxyl groups is 2. The fourth-order valence-corrected chi connectivity index (χ4v) is 3.32. The van der Waals surface area contributed by atoms with Crippen molar-refractivity contribution < 1.29 is 19.3 Å². The first-order valence-corrected chi connectivity index (χ1v) is 9.40. The minimum atomic E-state index is -1.44. The third-order valence-electron chi connectivity index (χ3n) is 4.55.